The zero-order valence-electron chi connectivity index (χ0n) is 11.7. The molecule has 0 saturated carbocycles. The summed E-state index contributed by atoms with van der Waals surface area (Å²) < 4.78 is 0. The van der Waals surface area contributed by atoms with Crippen LogP contribution >= 0.6 is 23.8 Å². The second-order valence-corrected chi connectivity index (χ2v) is 5.61. The molecule has 2 aromatic rings. The quantitative estimate of drug-likeness (QED) is 0.402. The lowest BCUT2D eigenvalue weighted by atomic mass is 9.92. The molecule has 2 heteroatoms. The fraction of sp³-hybridized carbons (Fsp3) is 0.278. The van der Waals surface area contributed by atoms with Gasteiger partial charge in [0.15, 0.2) is 0 Å². The lowest BCUT2D eigenvalue weighted by molar-refractivity contribution is 0.898. The number of thiocarbonyl (C=S) groups is 1. The lowest BCUT2D eigenvalue weighted by Gasteiger charge is -2.15. The zero-order valence-corrected chi connectivity index (χ0v) is 13.3. The van der Waals surface area contributed by atoms with Gasteiger partial charge < -0.3 is 0 Å². The summed E-state index contributed by atoms with van der Waals surface area (Å²) in [5.74, 6) is 0.651. The topological polar surface area (TPSA) is 0 Å². The number of hydrogen-bond donors (Lipinski definition) is 0. The monoisotopic (exact) mass is 302 g/mol. The zero-order chi connectivity index (χ0) is 14.4. The number of rotatable bonds is 6. The summed E-state index contributed by atoms with van der Waals surface area (Å²) in [6, 6.07) is 16.6. The van der Waals surface area contributed by atoms with Crippen molar-refractivity contribution >= 4 is 28.7 Å². The van der Waals surface area contributed by atoms with Gasteiger partial charge in [-0.2, -0.15) is 0 Å². The van der Waals surface area contributed by atoms with Crippen molar-refractivity contribution in [1.82, 2.24) is 0 Å². The van der Waals surface area contributed by atoms with Gasteiger partial charge in [0.1, 0.15) is 0 Å². The number of alkyl halides is 1. The summed E-state index contributed by atoms with van der Waals surface area (Å²) in [5, 5.41) is 0. The first-order valence-corrected chi connectivity index (χ1v) is 7.98. The third-order valence-corrected chi connectivity index (χ3v) is 4.06. The standard InChI is InChI=1S/C18H19ClS/c1-2-7-16-14(12-13-19)10-6-11-17(16)18(20)15-8-4-3-5-9-15/h3-6,8-11H,2,7,12-13H2,1H3. The Labute approximate surface area is 131 Å². The van der Waals surface area contributed by atoms with Gasteiger partial charge in [0, 0.05) is 5.88 Å². The average Bonchev–Trinajstić information content (AvgIpc) is 2.49. The molecule has 0 aliphatic carbocycles. The largest absolute Gasteiger partial charge is 0.126 e. The van der Waals surface area contributed by atoms with Crippen LogP contribution in [-0.2, 0) is 12.8 Å². The number of aryl methyl sites for hydroxylation is 1. The van der Waals surface area contributed by atoms with Crippen LogP contribution in [0.3, 0.4) is 0 Å². The minimum absolute atomic E-state index is 0.651. The molecule has 2 aromatic carbocycles. The molecular formula is C18H19ClS. The molecular weight excluding hydrogens is 284 g/mol. The molecule has 0 aromatic heterocycles. The van der Waals surface area contributed by atoms with Crippen LogP contribution in [0, 0.1) is 0 Å². The van der Waals surface area contributed by atoms with E-state index in [-0.39, 0.29) is 0 Å². The van der Waals surface area contributed by atoms with Gasteiger partial charge in [-0.15, -0.1) is 11.6 Å². The van der Waals surface area contributed by atoms with Crippen molar-refractivity contribution in [3.05, 3.63) is 70.8 Å². The van der Waals surface area contributed by atoms with Crippen LogP contribution < -0.4 is 0 Å². The van der Waals surface area contributed by atoms with Gasteiger partial charge in [-0.25, -0.2) is 0 Å². The van der Waals surface area contributed by atoms with E-state index in [2.05, 4.69) is 37.3 Å². The molecule has 0 saturated heterocycles. The molecule has 0 radical (unpaired) electrons. The van der Waals surface area contributed by atoms with Gasteiger partial charge in [-0.3, -0.25) is 0 Å². The van der Waals surface area contributed by atoms with E-state index in [4.69, 9.17) is 23.8 Å². The Morgan fingerprint density at radius 2 is 1.75 bits per heavy atom. The molecule has 0 fully saturated rings. The van der Waals surface area contributed by atoms with Crippen LogP contribution in [0.25, 0.3) is 0 Å². The van der Waals surface area contributed by atoms with E-state index in [1.807, 2.05) is 18.2 Å². The maximum absolute atomic E-state index is 5.92. The van der Waals surface area contributed by atoms with Gasteiger partial charge >= 0.3 is 0 Å². The Morgan fingerprint density at radius 3 is 2.40 bits per heavy atom. The Bertz CT molecular complexity index is 575. The fourth-order valence-electron chi connectivity index (χ4n) is 2.47. The van der Waals surface area contributed by atoms with Gasteiger partial charge in [-0.05, 0) is 35.1 Å². The summed E-state index contributed by atoms with van der Waals surface area (Å²) in [7, 11) is 0. The van der Waals surface area contributed by atoms with Gasteiger partial charge in [0.05, 0.1) is 4.86 Å². The van der Waals surface area contributed by atoms with Crippen molar-refractivity contribution in [3.63, 3.8) is 0 Å². The molecule has 104 valence electrons. The molecule has 20 heavy (non-hydrogen) atoms. The van der Waals surface area contributed by atoms with E-state index in [0.717, 1.165) is 29.7 Å². The summed E-state index contributed by atoms with van der Waals surface area (Å²) in [4.78, 5) is 0.936. The van der Waals surface area contributed by atoms with Crippen LogP contribution in [0.1, 0.15) is 35.6 Å². The van der Waals surface area contributed by atoms with Crippen LogP contribution in [0.15, 0.2) is 48.5 Å². The predicted octanol–water partition coefficient (Wildman–Crippen LogP) is 5.19. The first-order valence-electron chi connectivity index (χ1n) is 7.04. The lowest BCUT2D eigenvalue weighted by Crippen LogP contribution is -2.07. The van der Waals surface area contributed by atoms with Crippen molar-refractivity contribution in [1.29, 1.82) is 0 Å². The summed E-state index contributed by atoms with van der Waals surface area (Å²) >= 11 is 11.6. The molecule has 0 N–H and O–H groups in total. The van der Waals surface area contributed by atoms with Gasteiger partial charge in [0.25, 0.3) is 0 Å². The van der Waals surface area contributed by atoms with E-state index in [9.17, 15) is 0 Å². The molecule has 0 aliphatic rings. The normalized spacial score (nSPS) is 10.5. The highest BCUT2D eigenvalue weighted by atomic mass is 35.5. The first kappa shape index (κ1) is 15.2. The molecule has 0 heterocycles. The highest BCUT2D eigenvalue weighted by Gasteiger charge is 2.12. The van der Waals surface area contributed by atoms with E-state index in [1.54, 1.807) is 0 Å². The fourth-order valence-corrected chi connectivity index (χ4v) is 3.00. The minimum atomic E-state index is 0.651. The molecule has 0 amide bonds. The van der Waals surface area contributed by atoms with Gasteiger partial charge in [0.2, 0.25) is 0 Å². The van der Waals surface area contributed by atoms with E-state index in [1.165, 1.54) is 16.7 Å². The third kappa shape index (κ3) is 3.47. The van der Waals surface area contributed by atoms with Crippen molar-refractivity contribution in [2.24, 2.45) is 0 Å². The third-order valence-electron chi connectivity index (χ3n) is 3.42. The van der Waals surface area contributed by atoms with Crippen LogP contribution in [0.4, 0.5) is 0 Å². The maximum Gasteiger partial charge on any atom is 0.0524 e. The number of hydrogen-bond acceptors (Lipinski definition) is 1. The second-order valence-electron chi connectivity index (χ2n) is 4.83. The van der Waals surface area contributed by atoms with Crippen molar-refractivity contribution in [2.75, 3.05) is 5.88 Å². The van der Waals surface area contributed by atoms with E-state index < -0.39 is 0 Å². The minimum Gasteiger partial charge on any atom is -0.126 e. The van der Waals surface area contributed by atoms with Crippen LogP contribution in [0.5, 0.6) is 0 Å². The smallest absolute Gasteiger partial charge is 0.0524 e. The van der Waals surface area contributed by atoms with E-state index >= 15 is 0 Å². The Morgan fingerprint density at radius 1 is 1.00 bits per heavy atom. The van der Waals surface area contributed by atoms with Crippen molar-refractivity contribution < 1.29 is 0 Å². The molecule has 0 bridgehead atoms. The summed E-state index contributed by atoms with van der Waals surface area (Å²) in [6.07, 6.45) is 3.07. The Kier molecular flexibility index (Phi) is 5.75. The molecule has 0 spiro atoms. The van der Waals surface area contributed by atoms with Gasteiger partial charge in [-0.1, -0.05) is 74.1 Å². The van der Waals surface area contributed by atoms with Crippen LogP contribution in [-0.4, -0.2) is 10.7 Å². The number of halogens is 1. The predicted molar refractivity (Wildman–Crippen MR) is 92.1 cm³/mol. The van der Waals surface area contributed by atoms with E-state index in [0.29, 0.717) is 5.88 Å². The SMILES string of the molecule is CCCc1c(CCCl)cccc1C(=S)c1ccccc1. The first-order chi connectivity index (χ1) is 9.77. The number of benzene rings is 2. The molecule has 0 nitrogen and oxygen atoms in total. The van der Waals surface area contributed by atoms with Crippen LogP contribution in [0.2, 0.25) is 0 Å². The summed E-state index contributed by atoms with van der Waals surface area (Å²) in [5.41, 5.74) is 5.00. The second kappa shape index (κ2) is 7.56. The highest BCUT2D eigenvalue weighted by Crippen LogP contribution is 2.22. The maximum atomic E-state index is 5.92. The molecule has 0 aliphatic heterocycles. The molecule has 2 rings (SSSR count). The Hall–Kier alpha value is -1.18. The highest BCUT2D eigenvalue weighted by molar-refractivity contribution is 7.81. The molecule has 0 unspecified atom stereocenters. The van der Waals surface area contributed by atoms with Crippen molar-refractivity contribution in [2.45, 2.75) is 26.2 Å². The Balaban J connectivity index is 2.45. The average molecular weight is 303 g/mol. The van der Waals surface area contributed by atoms with Crippen molar-refractivity contribution in [3.8, 4) is 0 Å². The molecule has 0 atom stereocenters. The summed E-state index contributed by atoms with van der Waals surface area (Å²) in [6.45, 7) is 2.20.